The van der Waals surface area contributed by atoms with E-state index in [0.29, 0.717) is 33.1 Å². The van der Waals surface area contributed by atoms with Crippen LogP contribution in [0, 0.1) is 13.8 Å². The minimum absolute atomic E-state index is 0.270. The standard InChI is InChI=1S/C18H18N4O3S/c1-4-25-18(24)14-11(3)13-15(19-9-20-17(13)26-14)21-22-16(23)12-8-6-5-7-10(12)2/h5-9H,4H2,1-3H3,(H,22,23)(H,19,20,21). The van der Waals surface area contributed by atoms with E-state index in [1.165, 1.54) is 17.7 Å². The molecule has 2 aromatic heterocycles. The molecule has 0 unspecified atom stereocenters. The molecule has 0 saturated carbocycles. The van der Waals surface area contributed by atoms with Gasteiger partial charge in [0.2, 0.25) is 0 Å². The van der Waals surface area contributed by atoms with Gasteiger partial charge >= 0.3 is 5.97 Å². The monoisotopic (exact) mass is 370 g/mol. The number of aromatic nitrogens is 2. The van der Waals surface area contributed by atoms with E-state index in [0.717, 1.165) is 11.1 Å². The number of rotatable bonds is 5. The number of fused-ring (bicyclic) bond motifs is 1. The topological polar surface area (TPSA) is 93.2 Å². The van der Waals surface area contributed by atoms with Gasteiger partial charge in [0.05, 0.1) is 12.0 Å². The first-order chi connectivity index (χ1) is 12.5. The predicted molar refractivity (Wildman–Crippen MR) is 100 cm³/mol. The van der Waals surface area contributed by atoms with Crippen molar-refractivity contribution in [1.82, 2.24) is 15.4 Å². The largest absolute Gasteiger partial charge is 0.462 e. The van der Waals surface area contributed by atoms with Crippen molar-refractivity contribution in [3.63, 3.8) is 0 Å². The highest BCUT2D eigenvalue weighted by molar-refractivity contribution is 7.20. The summed E-state index contributed by atoms with van der Waals surface area (Å²) in [5.74, 6) is -0.225. The molecule has 0 saturated heterocycles. The fourth-order valence-electron chi connectivity index (χ4n) is 2.57. The van der Waals surface area contributed by atoms with Gasteiger partial charge in [-0.05, 0) is 38.0 Å². The molecule has 3 aromatic rings. The quantitative estimate of drug-likeness (QED) is 0.529. The highest BCUT2D eigenvalue weighted by atomic mass is 32.1. The summed E-state index contributed by atoms with van der Waals surface area (Å²) in [6.07, 6.45) is 1.38. The molecule has 7 nitrogen and oxygen atoms in total. The number of benzene rings is 1. The van der Waals surface area contributed by atoms with E-state index in [1.807, 2.05) is 26.0 Å². The number of hydrogen-bond donors (Lipinski definition) is 2. The van der Waals surface area contributed by atoms with Gasteiger partial charge in [0.1, 0.15) is 16.0 Å². The third kappa shape index (κ3) is 3.36. The van der Waals surface area contributed by atoms with Crippen LogP contribution < -0.4 is 10.9 Å². The SMILES string of the molecule is CCOC(=O)c1sc2ncnc(NNC(=O)c3ccccc3C)c2c1C. The first-order valence-corrected chi connectivity index (χ1v) is 8.87. The van der Waals surface area contributed by atoms with E-state index in [9.17, 15) is 9.59 Å². The van der Waals surface area contributed by atoms with Gasteiger partial charge in [0.25, 0.3) is 5.91 Å². The molecule has 8 heteroatoms. The van der Waals surface area contributed by atoms with E-state index in [4.69, 9.17) is 4.74 Å². The fraction of sp³-hybridized carbons (Fsp3) is 0.222. The summed E-state index contributed by atoms with van der Waals surface area (Å²) in [5, 5.41) is 0.686. The Labute approximate surface area is 154 Å². The predicted octanol–water partition coefficient (Wildman–Crippen LogP) is 3.24. The first-order valence-electron chi connectivity index (χ1n) is 8.06. The molecule has 0 bridgehead atoms. The number of carbonyl (C=O) groups excluding carboxylic acids is 2. The van der Waals surface area contributed by atoms with E-state index in [1.54, 1.807) is 19.1 Å². The van der Waals surface area contributed by atoms with Crippen molar-refractivity contribution < 1.29 is 14.3 Å². The summed E-state index contributed by atoms with van der Waals surface area (Å²) in [7, 11) is 0. The highest BCUT2D eigenvalue weighted by Gasteiger charge is 2.20. The second-order valence-electron chi connectivity index (χ2n) is 5.57. The number of nitrogens with one attached hydrogen (secondary N) is 2. The number of amides is 1. The Morgan fingerprint density at radius 3 is 2.69 bits per heavy atom. The van der Waals surface area contributed by atoms with Crippen molar-refractivity contribution in [3.05, 3.63) is 52.2 Å². The maximum Gasteiger partial charge on any atom is 0.348 e. The van der Waals surface area contributed by atoms with Gasteiger partial charge in [-0.25, -0.2) is 14.8 Å². The molecule has 3 rings (SSSR count). The number of hydrazine groups is 1. The third-order valence-corrected chi connectivity index (χ3v) is 5.05. The van der Waals surface area contributed by atoms with Crippen molar-refractivity contribution in [2.45, 2.75) is 20.8 Å². The molecular weight excluding hydrogens is 352 g/mol. The van der Waals surface area contributed by atoms with Crippen LogP contribution in [-0.4, -0.2) is 28.5 Å². The Balaban J connectivity index is 1.88. The normalized spacial score (nSPS) is 10.6. The number of carbonyl (C=O) groups is 2. The zero-order chi connectivity index (χ0) is 18.7. The molecule has 0 aliphatic heterocycles. The van der Waals surface area contributed by atoms with Crippen LogP contribution in [0.5, 0.6) is 0 Å². The van der Waals surface area contributed by atoms with Crippen molar-refractivity contribution in [3.8, 4) is 0 Å². The van der Waals surface area contributed by atoms with Crippen molar-refractivity contribution in [2.24, 2.45) is 0 Å². The fourth-order valence-corrected chi connectivity index (χ4v) is 3.61. The Hall–Kier alpha value is -3.00. The summed E-state index contributed by atoms with van der Waals surface area (Å²) in [5.41, 5.74) is 7.65. The summed E-state index contributed by atoms with van der Waals surface area (Å²) in [6.45, 7) is 5.74. The van der Waals surface area contributed by atoms with Crippen LogP contribution in [0.15, 0.2) is 30.6 Å². The second kappa shape index (κ2) is 7.49. The number of anilines is 1. The van der Waals surface area contributed by atoms with Gasteiger partial charge in [-0.15, -0.1) is 11.3 Å². The number of aryl methyl sites for hydroxylation is 2. The molecule has 0 spiro atoms. The summed E-state index contributed by atoms with van der Waals surface area (Å²) >= 11 is 1.24. The van der Waals surface area contributed by atoms with E-state index in [2.05, 4.69) is 20.8 Å². The van der Waals surface area contributed by atoms with E-state index >= 15 is 0 Å². The Morgan fingerprint density at radius 2 is 1.96 bits per heavy atom. The highest BCUT2D eigenvalue weighted by Crippen LogP contribution is 2.33. The van der Waals surface area contributed by atoms with E-state index < -0.39 is 0 Å². The molecule has 2 heterocycles. The lowest BCUT2D eigenvalue weighted by molar-refractivity contribution is 0.0531. The van der Waals surface area contributed by atoms with Crippen LogP contribution in [-0.2, 0) is 4.74 Å². The summed E-state index contributed by atoms with van der Waals surface area (Å²) in [4.78, 5) is 34.0. The third-order valence-electron chi connectivity index (χ3n) is 3.87. The van der Waals surface area contributed by atoms with Gasteiger partial charge in [0, 0.05) is 5.56 Å². The molecule has 0 fully saturated rings. The first kappa shape index (κ1) is 17.8. The number of nitrogens with zero attached hydrogens (tertiary/aromatic N) is 2. The van der Waals surface area contributed by atoms with Crippen molar-refractivity contribution in [2.75, 3.05) is 12.0 Å². The van der Waals surface area contributed by atoms with Gasteiger partial charge in [-0.1, -0.05) is 18.2 Å². The smallest absolute Gasteiger partial charge is 0.348 e. The van der Waals surface area contributed by atoms with Gasteiger partial charge < -0.3 is 4.74 Å². The molecule has 26 heavy (non-hydrogen) atoms. The Kier molecular flexibility index (Phi) is 5.13. The molecule has 0 aliphatic rings. The van der Waals surface area contributed by atoms with Crippen molar-refractivity contribution >= 4 is 39.2 Å². The molecule has 1 aromatic carbocycles. The molecule has 0 aliphatic carbocycles. The molecule has 0 atom stereocenters. The van der Waals surface area contributed by atoms with E-state index in [-0.39, 0.29) is 11.9 Å². The lowest BCUT2D eigenvalue weighted by atomic mass is 10.1. The van der Waals surface area contributed by atoms with Crippen LogP contribution in [0.2, 0.25) is 0 Å². The van der Waals surface area contributed by atoms with Gasteiger partial charge in [-0.3, -0.25) is 15.6 Å². The number of hydrogen-bond acceptors (Lipinski definition) is 7. The zero-order valence-corrected chi connectivity index (χ0v) is 15.4. The average molecular weight is 370 g/mol. The van der Waals surface area contributed by atoms with Crippen LogP contribution >= 0.6 is 11.3 Å². The minimum atomic E-state index is -0.386. The Morgan fingerprint density at radius 1 is 1.19 bits per heavy atom. The minimum Gasteiger partial charge on any atom is -0.462 e. The van der Waals surface area contributed by atoms with Crippen LogP contribution in [0.25, 0.3) is 10.2 Å². The molecule has 1 amide bonds. The molecule has 2 N–H and O–H groups in total. The number of thiophene rings is 1. The maximum atomic E-state index is 12.4. The average Bonchev–Trinajstić information content (AvgIpc) is 2.98. The molecule has 134 valence electrons. The summed E-state index contributed by atoms with van der Waals surface area (Å²) < 4.78 is 5.08. The number of ether oxygens (including phenoxy) is 1. The second-order valence-corrected chi connectivity index (χ2v) is 6.57. The summed E-state index contributed by atoms with van der Waals surface area (Å²) in [6, 6.07) is 7.29. The maximum absolute atomic E-state index is 12.4. The lowest BCUT2D eigenvalue weighted by Crippen LogP contribution is -2.30. The molecular formula is C18H18N4O3S. The van der Waals surface area contributed by atoms with Gasteiger partial charge in [-0.2, -0.15) is 0 Å². The van der Waals surface area contributed by atoms with Gasteiger partial charge in [0.15, 0.2) is 5.82 Å². The van der Waals surface area contributed by atoms with Crippen LogP contribution in [0.1, 0.15) is 38.1 Å². The molecule has 0 radical (unpaired) electrons. The van der Waals surface area contributed by atoms with Crippen LogP contribution in [0.4, 0.5) is 5.82 Å². The zero-order valence-electron chi connectivity index (χ0n) is 14.6. The Bertz CT molecular complexity index is 984. The number of esters is 1. The lowest BCUT2D eigenvalue weighted by Gasteiger charge is -2.10. The van der Waals surface area contributed by atoms with Crippen molar-refractivity contribution in [1.29, 1.82) is 0 Å². The van der Waals surface area contributed by atoms with Crippen LogP contribution in [0.3, 0.4) is 0 Å².